The van der Waals surface area contributed by atoms with Crippen LogP contribution in [0.1, 0.15) is 5.82 Å². The number of aromatic nitrogens is 5. The Morgan fingerprint density at radius 2 is 1.96 bits per heavy atom. The van der Waals surface area contributed by atoms with E-state index in [-0.39, 0.29) is 6.61 Å². The molecule has 0 saturated carbocycles. The van der Waals surface area contributed by atoms with E-state index in [1.807, 2.05) is 48.5 Å². The van der Waals surface area contributed by atoms with Crippen molar-refractivity contribution in [1.82, 2.24) is 25.2 Å². The third-order valence-electron chi connectivity index (χ3n) is 3.63. The predicted octanol–water partition coefficient (Wildman–Crippen LogP) is 4.05. The molecule has 0 aliphatic carbocycles. The summed E-state index contributed by atoms with van der Waals surface area (Å²) in [7, 11) is 0. The van der Waals surface area contributed by atoms with Gasteiger partial charge in [0, 0.05) is 11.6 Å². The highest BCUT2D eigenvalue weighted by molar-refractivity contribution is 14.1. The van der Waals surface area contributed by atoms with Gasteiger partial charge in [0.05, 0.1) is 14.3 Å². The van der Waals surface area contributed by atoms with Gasteiger partial charge in [0.25, 0.3) is 0 Å². The minimum absolute atomic E-state index is 0.213. The number of tetrazole rings is 1. The second kappa shape index (κ2) is 6.93. The Morgan fingerprint density at radius 1 is 1.12 bits per heavy atom. The fourth-order valence-corrected chi connectivity index (χ4v) is 3.65. The second-order valence-electron chi connectivity index (χ2n) is 5.20. The lowest BCUT2D eigenvalue weighted by Gasteiger charge is -2.12. The van der Waals surface area contributed by atoms with Crippen LogP contribution in [0.5, 0.6) is 5.75 Å². The van der Waals surface area contributed by atoms with Crippen molar-refractivity contribution >= 4 is 45.1 Å². The number of benzene rings is 2. The first-order valence-electron chi connectivity index (χ1n) is 7.42. The maximum Gasteiger partial charge on any atom is 0.194 e. The number of fused-ring (bicyclic) bond motifs is 1. The molecule has 0 spiro atoms. The highest BCUT2D eigenvalue weighted by Gasteiger charge is 2.15. The van der Waals surface area contributed by atoms with Crippen LogP contribution in [0, 0.1) is 3.57 Å². The quantitative estimate of drug-likeness (QED) is 0.427. The van der Waals surface area contributed by atoms with Gasteiger partial charge in [-0.05, 0) is 63.3 Å². The van der Waals surface area contributed by atoms with Crippen LogP contribution in [-0.4, -0.2) is 25.2 Å². The SMILES string of the molecule is Clc1cc(I)c(OCc2nnnn2-c2ccccc2)c2ncccc12. The molecule has 0 aliphatic heterocycles. The lowest BCUT2D eigenvalue weighted by molar-refractivity contribution is 0.293. The summed E-state index contributed by atoms with van der Waals surface area (Å²) in [5.41, 5.74) is 1.60. The summed E-state index contributed by atoms with van der Waals surface area (Å²) in [5.74, 6) is 1.27. The van der Waals surface area contributed by atoms with E-state index >= 15 is 0 Å². The summed E-state index contributed by atoms with van der Waals surface area (Å²) in [4.78, 5) is 4.41. The van der Waals surface area contributed by atoms with E-state index in [0.717, 1.165) is 20.2 Å². The van der Waals surface area contributed by atoms with Gasteiger partial charge in [0.2, 0.25) is 0 Å². The lowest BCUT2D eigenvalue weighted by Crippen LogP contribution is -2.07. The summed E-state index contributed by atoms with van der Waals surface area (Å²) in [6.45, 7) is 0.213. The van der Waals surface area contributed by atoms with Crippen molar-refractivity contribution in [2.75, 3.05) is 0 Å². The number of hydrogen-bond donors (Lipinski definition) is 0. The molecule has 2 aromatic carbocycles. The maximum atomic E-state index is 6.30. The van der Waals surface area contributed by atoms with Gasteiger partial charge in [-0.2, -0.15) is 4.68 Å². The fraction of sp³-hybridized carbons (Fsp3) is 0.0588. The number of ether oxygens (including phenoxy) is 1. The molecule has 0 fully saturated rings. The first-order chi connectivity index (χ1) is 12.2. The lowest BCUT2D eigenvalue weighted by atomic mass is 10.2. The molecule has 2 aromatic heterocycles. The fourth-order valence-electron chi connectivity index (χ4n) is 2.49. The van der Waals surface area contributed by atoms with Crippen LogP contribution in [0.2, 0.25) is 5.02 Å². The van der Waals surface area contributed by atoms with Crippen molar-refractivity contribution in [3.8, 4) is 11.4 Å². The zero-order valence-electron chi connectivity index (χ0n) is 12.8. The van der Waals surface area contributed by atoms with Gasteiger partial charge in [0.1, 0.15) is 5.52 Å². The molecule has 0 aliphatic rings. The number of pyridine rings is 1. The van der Waals surface area contributed by atoms with Gasteiger partial charge in [-0.1, -0.05) is 29.8 Å². The van der Waals surface area contributed by atoms with Crippen molar-refractivity contribution in [2.24, 2.45) is 0 Å². The summed E-state index contributed by atoms with van der Waals surface area (Å²) in [5, 5.41) is 13.3. The van der Waals surface area contributed by atoms with E-state index in [4.69, 9.17) is 16.3 Å². The highest BCUT2D eigenvalue weighted by Crippen LogP contribution is 2.35. The smallest absolute Gasteiger partial charge is 0.194 e. The Morgan fingerprint density at radius 3 is 2.80 bits per heavy atom. The van der Waals surface area contributed by atoms with Crippen molar-refractivity contribution in [2.45, 2.75) is 6.61 Å². The summed E-state index contributed by atoms with van der Waals surface area (Å²) >= 11 is 8.49. The van der Waals surface area contributed by atoms with E-state index in [1.165, 1.54) is 0 Å². The van der Waals surface area contributed by atoms with Crippen molar-refractivity contribution in [3.05, 3.63) is 69.1 Å². The summed E-state index contributed by atoms with van der Waals surface area (Å²) in [6, 6.07) is 15.3. The number of nitrogens with zero attached hydrogens (tertiary/aromatic N) is 5. The number of para-hydroxylation sites is 1. The molecule has 0 amide bonds. The molecule has 6 nitrogen and oxygen atoms in total. The zero-order valence-corrected chi connectivity index (χ0v) is 15.7. The summed E-state index contributed by atoms with van der Waals surface area (Å²) in [6.07, 6.45) is 1.72. The van der Waals surface area contributed by atoms with Crippen LogP contribution in [0.4, 0.5) is 0 Å². The molecule has 8 heteroatoms. The van der Waals surface area contributed by atoms with E-state index in [0.29, 0.717) is 16.6 Å². The Bertz CT molecular complexity index is 1040. The molecular formula is C17H11ClIN5O. The number of rotatable bonds is 4. The van der Waals surface area contributed by atoms with Crippen LogP contribution in [0.25, 0.3) is 16.6 Å². The molecule has 0 unspecified atom stereocenters. The molecule has 2 heterocycles. The van der Waals surface area contributed by atoms with Gasteiger partial charge >= 0.3 is 0 Å². The summed E-state index contributed by atoms with van der Waals surface area (Å²) < 4.78 is 8.55. The normalized spacial score (nSPS) is 11.0. The predicted molar refractivity (Wildman–Crippen MR) is 103 cm³/mol. The van der Waals surface area contributed by atoms with Gasteiger partial charge < -0.3 is 4.74 Å². The first-order valence-corrected chi connectivity index (χ1v) is 8.88. The van der Waals surface area contributed by atoms with Gasteiger partial charge in [-0.3, -0.25) is 4.98 Å². The molecule has 25 heavy (non-hydrogen) atoms. The topological polar surface area (TPSA) is 65.7 Å². The van der Waals surface area contributed by atoms with Gasteiger partial charge in [0.15, 0.2) is 18.2 Å². The minimum Gasteiger partial charge on any atom is -0.482 e. The Kier molecular flexibility index (Phi) is 4.50. The van der Waals surface area contributed by atoms with Crippen molar-refractivity contribution < 1.29 is 4.74 Å². The van der Waals surface area contributed by atoms with Crippen LogP contribution >= 0.6 is 34.2 Å². The van der Waals surface area contributed by atoms with Crippen LogP contribution in [0.15, 0.2) is 54.7 Å². The van der Waals surface area contributed by atoms with E-state index in [9.17, 15) is 0 Å². The molecule has 0 N–H and O–H groups in total. The Labute approximate surface area is 161 Å². The molecule has 4 rings (SSSR count). The van der Waals surface area contributed by atoms with E-state index in [1.54, 1.807) is 10.9 Å². The largest absolute Gasteiger partial charge is 0.482 e. The van der Waals surface area contributed by atoms with E-state index < -0.39 is 0 Å². The highest BCUT2D eigenvalue weighted by atomic mass is 127. The monoisotopic (exact) mass is 463 g/mol. The zero-order chi connectivity index (χ0) is 17.2. The van der Waals surface area contributed by atoms with E-state index in [2.05, 4.69) is 43.1 Å². The van der Waals surface area contributed by atoms with Crippen molar-refractivity contribution in [1.29, 1.82) is 0 Å². The number of halogens is 2. The van der Waals surface area contributed by atoms with Gasteiger partial charge in [-0.25, -0.2) is 0 Å². The molecule has 124 valence electrons. The molecule has 0 atom stereocenters. The Hall–Kier alpha value is -2.26. The second-order valence-corrected chi connectivity index (χ2v) is 6.77. The first kappa shape index (κ1) is 16.2. The minimum atomic E-state index is 0.213. The van der Waals surface area contributed by atoms with Gasteiger partial charge in [-0.15, -0.1) is 5.10 Å². The third kappa shape index (κ3) is 3.16. The molecule has 0 radical (unpaired) electrons. The number of hydrogen-bond acceptors (Lipinski definition) is 5. The molecule has 0 saturated heterocycles. The standard InChI is InChI=1S/C17H11ClIN5O/c18-13-9-14(19)17(16-12(13)7-4-8-20-16)25-10-15-21-22-23-24(15)11-5-2-1-3-6-11/h1-9H,10H2. The van der Waals surface area contributed by atoms with Crippen molar-refractivity contribution in [3.63, 3.8) is 0 Å². The molecular weight excluding hydrogens is 453 g/mol. The Balaban J connectivity index is 1.68. The average Bonchev–Trinajstić information content (AvgIpc) is 3.11. The van der Waals surface area contributed by atoms with Crippen LogP contribution in [0.3, 0.4) is 0 Å². The molecule has 0 bridgehead atoms. The van der Waals surface area contributed by atoms with Crippen LogP contribution < -0.4 is 4.74 Å². The average molecular weight is 464 g/mol. The van der Waals surface area contributed by atoms with Crippen LogP contribution in [-0.2, 0) is 6.61 Å². The molecule has 4 aromatic rings. The third-order valence-corrected chi connectivity index (χ3v) is 4.74. The maximum absolute atomic E-state index is 6.30.